The van der Waals surface area contributed by atoms with Gasteiger partial charge >= 0.3 is 0 Å². The van der Waals surface area contributed by atoms with E-state index in [9.17, 15) is 9.59 Å². The van der Waals surface area contributed by atoms with Crippen molar-refractivity contribution in [3.8, 4) is 0 Å². The van der Waals surface area contributed by atoms with Crippen molar-refractivity contribution in [3.63, 3.8) is 0 Å². The summed E-state index contributed by atoms with van der Waals surface area (Å²) in [5, 5.41) is 5.66. The van der Waals surface area contributed by atoms with Crippen LogP contribution in [0.25, 0.3) is 0 Å². The second-order valence-electron chi connectivity index (χ2n) is 5.25. The van der Waals surface area contributed by atoms with Crippen molar-refractivity contribution >= 4 is 29.3 Å². The van der Waals surface area contributed by atoms with E-state index in [1.54, 1.807) is 6.92 Å². The molecule has 2 aromatic rings. The second kappa shape index (κ2) is 5.85. The molecule has 0 bridgehead atoms. The van der Waals surface area contributed by atoms with Gasteiger partial charge in [0, 0.05) is 11.4 Å². The fourth-order valence-electron chi connectivity index (χ4n) is 2.26. The number of nitrogens with one attached hydrogen (secondary N) is 2. The molecule has 22 heavy (non-hydrogen) atoms. The predicted octanol–water partition coefficient (Wildman–Crippen LogP) is 2.81. The largest absolute Gasteiger partial charge is 0.350 e. The van der Waals surface area contributed by atoms with Crippen LogP contribution in [0.3, 0.4) is 0 Å². The Labute approximate surface area is 133 Å². The van der Waals surface area contributed by atoms with E-state index in [1.165, 1.54) is 11.8 Å². The van der Waals surface area contributed by atoms with E-state index in [4.69, 9.17) is 0 Å². The summed E-state index contributed by atoms with van der Waals surface area (Å²) in [6, 6.07) is 17.1. The number of hydrogen-bond donors (Lipinski definition) is 2. The lowest BCUT2D eigenvalue weighted by Crippen LogP contribution is -2.51. The van der Waals surface area contributed by atoms with E-state index in [-0.39, 0.29) is 11.8 Å². The van der Waals surface area contributed by atoms with Gasteiger partial charge in [-0.25, -0.2) is 0 Å². The van der Waals surface area contributed by atoms with E-state index in [1.807, 2.05) is 54.6 Å². The maximum atomic E-state index is 12.5. The zero-order valence-electron chi connectivity index (χ0n) is 12.1. The summed E-state index contributed by atoms with van der Waals surface area (Å²) in [5.41, 5.74) is 1.76. The molecular formula is C17H16N2O2S. The third-order valence-corrected chi connectivity index (χ3v) is 4.97. The monoisotopic (exact) mass is 312 g/mol. The number of amides is 2. The van der Waals surface area contributed by atoms with Crippen molar-refractivity contribution < 1.29 is 9.59 Å². The van der Waals surface area contributed by atoms with Crippen LogP contribution in [0.1, 0.15) is 12.5 Å². The van der Waals surface area contributed by atoms with Crippen molar-refractivity contribution in [1.29, 1.82) is 0 Å². The Morgan fingerprint density at radius 2 is 1.82 bits per heavy atom. The molecular weight excluding hydrogens is 296 g/mol. The summed E-state index contributed by atoms with van der Waals surface area (Å²) in [5.74, 6) is -0.574. The van der Waals surface area contributed by atoms with Gasteiger partial charge in [0.1, 0.15) is 0 Å². The molecule has 0 fully saturated rings. The van der Waals surface area contributed by atoms with Gasteiger partial charge in [-0.15, -0.1) is 0 Å². The normalized spacial score (nSPS) is 20.0. The standard InChI is InChI=1S/C17H16N2O2S/c1-17(15(20)18-11-12-7-3-2-4-8-12)16(21)19-13-9-5-6-10-14(13)22-17/h2-10H,11H2,1H3,(H,18,20)(H,19,21). The van der Waals surface area contributed by atoms with Crippen molar-refractivity contribution in [2.75, 3.05) is 5.32 Å². The Bertz CT molecular complexity index is 718. The maximum absolute atomic E-state index is 12.5. The van der Waals surface area contributed by atoms with Crippen LogP contribution in [0, 0.1) is 0 Å². The summed E-state index contributed by atoms with van der Waals surface area (Å²) >= 11 is 1.29. The van der Waals surface area contributed by atoms with Gasteiger partial charge in [0.15, 0.2) is 4.75 Å². The van der Waals surface area contributed by atoms with E-state index < -0.39 is 4.75 Å². The average Bonchev–Trinajstić information content (AvgIpc) is 2.54. The van der Waals surface area contributed by atoms with Gasteiger partial charge in [0.05, 0.1) is 5.69 Å². The molecule has 0 saturated carbocycles. The Morgan fingerprint density at radius 1 is 1.14 bits per heavy atom. The van der Waals surface area contributed by atoms with Crippen LogP contribution < -0.4 is 10.6 Å². The SMILES string of the molecule is CC1(C(=O)NCc2ccccc2)Sc2ccccc2NC1=O. The first-order chi connectivity index (χ1) is 10.6. The van der Waals surface area contributed by atoms with Crippen molar-refractivity contribution in [1.82, 2.24) is 5.32 Å². The Balaban J connectivity index is 1.75. The highest BCUT2D eigenvalue weighted by Gasteiger charge is 2.45. The molecule has 3 rings (SSSR count). The summed E-state index contributed by atoms with van der Waals surface area (Å²) in [6.07, 6.45) is 0. The molecule has 0 aliphatic carbocycles. The molecule has 2 amide bonds. The van der Waals surface area contributed by atoms with Crippen molar-refractivity contribution in [2.45, 2.75) is 23.1 Å². The van der Waals surface area contributed by atoms with Gasteiger partial charge in [-0.3, -0.25) is 9.59 Å². The number of carbonyl (C=O) groups is 2. The summed E-state index contributed by atoms with van der Waals surface area (Å²) < 4.78 is -1.16. The molecule has 0 saturated heterocycles. The number of para-hydroxylation sites is 1. The number of rotatable bonds is 3. The summed E-state index contributed by atoms with van der Waals surface area (Å²) in [6.45, 7) is 2.06. The van der Waals surface area contributed by atoms with Crippen LogP contribution in [0.15, 0.2) is 59.5 Å². The lowest BCUT2D eigenvalue weighted by atomic mass is 10.1. The van der Waals surface area contributed by atoms with E-state index in [0.717, 1.165) is 16.1 Å². The number of benzene rings is 2. The smallest absolute Gasteiger partial charge is 0.250 e. The van der Waals surface area contributed by atoms with Crippen LogP contribution >= 0.6 is 11.8 Å². The minimum absolute atomic E-state index is 0.284. The second-order valence-corrected chi connectivity index (χ2v) is 6.71. The van der Waals surface area contributed by atoms with Crippen LogP contribution in [0.5, 0.6) is 0 Å². The first-order valence-electron chi connectivity index (χ1n) is 7.01. The molecule has 1 heterocycles. The van der Waals surface area contributed by atoms with Crippen LogP contribution in [0.4, 0.5) is 5.69 Å². The van der Waals surface area contributed by atoms with Gasteiger partial charge < -0.3 is 10.6 Å². The number of fused-ring (bicyclic) bond motifs is 1. The lowest BCUT2D eigenvalue weighted by molar-refractivity contribution is -0.130. The maximum Gasteiger partial charge on any atom is 0.250 e. The highest BCUT2D eigenvalue weighted by Crippen LogP contribution is 2.42. The van der Waals surface area contributed by atoms with Crippen molar-refractivity contribution in [3.05, 3.63) is 60.2 Å². The molecule has 2 N–H and O–H groups in total. The van der Waals surface area contributed by atoms with E-state index >= 15 is 0 Å². The Hall–Kier alpha value is -2.27. The number of hydrogen-bond acceptors (Lipinski definition) is 3. The third-order valence-electron chi connectivity index (χ3n) is 3.61. The number of carbonyl (C=O) groups excluding carboxylic acids is 2. The molecule has 5 heteroatoms. The predicted molar refractivity (Wildman–Crippen MR) is 87.6 cm³/mol. The average molecular weight is 312 g/mol. The van der Waals surface area contributed by atoms with Gasteiger partial charge in [-0.1, -0.05) is 54.2 Å². The van der Waals surface area contributed by atoms with Gasteiger partial charge in [-0.05, 0) is 24.6 Å². The molecule has 0 spiro atoms. The molecule has 0 radical (unpaired) electrons. The number of thioether (sulfide) groups is 1. The van der Waals surface area contributed by atoms with Gasteiger partial charge in [-0.2, -0.15) is 0 Å². The Morgan fingerprint density at radius 3 is 2.59 bits per heavy atom. The zero-order valence-corrected chi connectivity index (χ0v) is 12.9. The van der Waals surface area contributed by atoms with E-state index in [2.05, 4.69) is 10.6 Å². The van der Waals surface area contributed by atoms with Gasteiger partial charge in [0.2, 0.25) is 11.8 Å². The molecule has 1 atom stereocenters. The highest BCUT2D eigenvalue weighted by molar-refractivity contribution is 8.02. The first kappa shape index (κ1) is 14.7. The van der Waals surface area contributed by atoms with Crippen LogP contribution in [-0.2, 0) is 16.1 Å². The molecule has 1 aliphatic heterocycles. The summed E-state index contributed by atoms with van der Waals surface area (Å²) in [7, 11) is 0. The van der Waals surface area contributed by atoms with Gasteiger partial charge in [0.25, 0.3) is 0 Å². The molecule has 1 unspecified atom stereocenters. The molecule has 4 nitrogen and oxygen atoms in total. The topological polar surface area (TPSA) is 58.2 Å². The lowest BCUT2D eigenvalue weighted by Gasteiger charge is -2.31. The fraction of sp³-hybridized carbons (Fsp3) is 0.176. The van der Waals surface area contributed by atoms with Crippen molar-refractivity contribution in [2.24, 2.45) is 0 Å². The Kier molecular flexibility index (Phi) is 3.90. The third kappa shape index (κ3) is 2.72. The molecule has 1 aliphatic rings. The molecule has 112 valence electrons. The minimum Gasteiger partial charge on any atom is -0.350 e. The summed E-state index contributed by atoms with van der Waals surface area (Å²) in [4.78, 5) is 25.8. The quantitative estimate of drug-likeness (QED) is 0.857. The van der Waals surface area contributed by atoms with Crippen LogP contribution in [-0.4, -0.2) is 16.6 Å². The number of anilines is 1. The minimum atomic E-state index is -1.16. The fourth-order valence-corrected chi connectivity index (χ4v) is 3.39. The van der Waals surface area contributed by atoms with E-state index in [0.29, 0.717) is 6.54 Å². The zero-order chi connectivity index (χ0) is 15.6. The highest BCUT2D eigenvalue weighted by atomic mass is 32.2. The molecule has 2 aromatic carbocycles. The van der Waals surface area contributed by atoms with Crippen LogP contribution in [0.2, 0.25) is 0 Å². The first-order valence-corrected chi connectivity index (χ1v) is 7.83. The molecule has 0 aromatic heterocycles.